The molecule has 2 aliphatic heterocycles. The van der Waals surface area contributed by atoms with Gasteiger partial charge < -0.3 is 14.5 Å². The summed E-state index contributed by atoms with van der Waals surface area (Å²) in [5.74, 6) is -0.371. The van der Waals surface area contributed by atoms with E-state index in [-0.39, 0.29) is 17.3 Å². The fourth-order valence-corrected chi connectivity index (χ4v) is 5.88. The number of anilines is 1. The molecule has 1 spiro atoms. The number of hydrogen-bond donors (Lipinski definition) is 0. The number of aromatic nitrogens is 1. The van der Waals surface area contributed by atoms with E-state index >= 15 is 0 Å². The smallest absolute Gasteiger partial charge is 0.409 e. The van der Waals surface area contributed by atoms with Crippen LogP contribution in [0.3, 0.4) is 0 Å². The second kappa shape index (κ2) is 9.22. The minimum Gasteiger partial charge on any atom is -0.450 e. The second-order valence-electron chi connectivity index (χ2n) is 9.65. The van der Waals surface area contributed by atoms with Crippen LogP contribution in [0.5, 0.6) is 0 Å². The zero-order valence-electron chi connectivity index (χ0n) is 19.5. The van der Waals surface area contributed by atoms with Gasteiger partial charge in [-0.1, -0.05) is 18.2 Å². The summed E-state index contributed by atoms with van der Waals surface area (Å²) in [4.78, 5) is 22.9. The summed E-state index contributed by atoms with van der Waals surface area (Å²) in [5.41, 5.74) is 2.91. The lowest BCUT2D eigenvalue weighted by molar-refractivity contribution is -0.00294. The van der Waals surface area contributed by atoms with Crippen LogP contribution >= 0.6 is 0 Å². The van der Waals surface area contributed by atoms with Crippen LogP contribution in [-0.2, 0) is 4.74 Å². The Bertz CT molecular complexity index is 1100. The van der Waals surface area contributed by atoms with Crippen molar-refractivity contribution in [3.63, 3.8) is 0 Å². The molecule has 2 aromatic rings. The summed E-state index contributed by atoms with van der Waals surface area (Å²) in [6.45, 7) is 7.23. The molecule has 1 aliphatic carbocycles. The number of amides is 1. The summed E-state index contributed by atoms with van der Waals surface area (Å²) in [7, 11) is 0. The first kappa shape index (κ1) is 22.6. The van der Waals surface area contributed by atoms with Gasteiger partial charge in [0, 0.05) is 62.4 Å². The summed E-state index contributed by atoms with van der Waals surface area (Å²) >= 11 is 0. The highest BCUT2D eigenvalue weighted by molar-refractivity contribution is 5.79. The van der Waals surface area contributed by atoms with Gasteiger partial charge in [0.05, 0.1) is 35.8 Å². The van der Waals surface area contributed by atoms with Crippen LogP contribution in [0.15, 0.2) is 36.5 Å². The first-order valence-electron chi connectivity index (χ1n) is 12.1. The zero-order chi connectivity index (χ0) is 23.7. The third kappa shape index (κ3) is 4.21. The van der Waals surface area contributed by atoms with Crippen molar-refractivity contribution in [3.05, 3.63) is 47.9 Å². The molecule has 3 heterocycles. The number of carbonyl (C=O) groups is 1. The standard InChI is InChI=1S/C26H30FN5O2/c1-2-34-25(33)32-17-26(18-32)8-7-21(14-26)30-9-11-31(12-10-30)23-13-20(27)16-29-24(23)22-6-4-3-5-19(22)15-28/h3-6,13,16,21H,2,7-12,14,17-18H2,1H3. The maximum absolute atomic E-state index is 14.2. The van der Waals surface area contributed by atoms with E-state index in [4.69, 9.17) is 4.74 Å². The molecule has 1 aromatic carbocycles. The van der Waals surface area contributed by atoms with Gasteiger partial charge in [0.25, 0.3) is 0 Å². The number of rotatable bonds is 4. The SMILES string of the molecule is CCOC(=O)N1CC2(CCC(N3CCN(c4cc(F)cnc4-c4ccccc4C#N)CC3)C2)C1. The third-order valence-electron chi connectivity index (χ3n) is 7.56. The van der Waals surface area contributed by atoms with E-state index in [0.717, 1.165) is 69.8 Å². The van der Waals surface area contributed by atoms with Crippen molar-refractivity contribution in [2.24, 2.45) is 5.41 Å². The minimum absolute atomic E-state index is 0.192. The van der Waals surface area contributed by atoms with Crippen LogP contribution in [0.4, 0.5) is 14.9 Å². The molecule has 1 atom stereocenters. The molecule has 5 rings (SSSR count). The number of carbonyl (C=O) groups excluding carboxylic acids is 1. The molecule has 2 saturated heterocycles. The highest BCUT2D eigenvalue weighted by atomic mass is 19.1. The van der Waals surface area contributed by atoms with E-state index < -0.39 is 0 Å². The average molecular weight is 464 g/mol. The van der Waals surface area contributed by atoms with Gasteiger partial charge in [-0.3, -0.25) is 9.88 Å². The van der Waals surface area contributed by atoms with E-state index in [1.165, 1.54) is 12.3 Å². The van der Waals surface area contributed by atoms with Crippen LogP contribution in [0.1, 0.15) is 31.7 Å². The van der Waals surface area contributed by atoms with Crippen molar-refractivity contribution in [3.8, 4) is 17.3 Å². The van der Waals surface area contributed by atoms with Crippen LogP contribution in [-0.4, -0.2) is 72.8 Å². The highest BCUT2D eigenvalue weighted by Gasteiger charge is 2.51. The number of pyridine rings is 1. The van der Waals surface area contributed by atoms with E-state index in [1.807, 2.05) is 30.0 Å². The van der Waals surface area contributed by atoms with Crippen molar-refractivity contribution in [2.75, 3.05) is 50.8 Å². The molecule has 178 valence electrons. The number of likely N-dealkylation sites (tertiary alicyclic amines) is 1. The number of halogens is 1. The fourth-order valence-electron chi connectivity index (χ4n) is 5.88. The van der Waals surface area contributed by atoms with Crippen molar-refractivity contribution in [1.82, 2.24) is 14.8 Å². The lowest BCUT2D eigenvalue weighted by Gasteiger charge is -2.48. The highest BCUT2D eigenvalue weighted by Crippen LogP contribution is 2.47. The largest absolute Gasteiger partial charge is 0.450 e. The molecule has 7 nitrogen and oxygen atoms in total. The van der Waals surface area contributed by atoms with Crippen molar-refractivity contribution in [1.29, 1.82) is 5.26 Å². The van der Waals surface area contributed by atoms with E-state index in [0.29, 0.717) is 23.9 Å². The molecule has 1 saturated carbocycles. The Morgan fingerprint density at radius 3 is 2.76 bits per heavy atom. The molecule has 3 fully saturated rings. The minimum atomic E-state index is -0.371. The van der Waals surface area contributed by atoms with E-state index in [1.54, 1.807) is 6.07 Å². The Morgan fingerprint density at radius 1 is 1.26 bits per heavy atom. The Morgan fingerprint density at radius 2 is 2.03 bits per heavy atom. The molecular weight excluding hydrogens is 433 g/mol. The van der Waals surface area contributed by atoms with Gasteiger partial charge in [0.1, 0.15) is 5.82 Å². The lowest BCUT2D eigenvalue weighted by Crippen LogP contribution is -2.58. The number of nitrogens with zero attached hydrogens (tertiary/aromatic N) is 5. The molecule has 8 heteroatoms. The first-order chi connectivity index (χ1) is 16.5. The van der Waals surface area contributed by atoms with Gasteiger partial charge in [0.2, 0.25) is 0 Å². The predicted octanol–water partition coefficient (Wildman–Crippen LogP) is 3.89. The Kier molecular flexibility index (Phi) is 6.13. The Hall–Kier alpha value is -3.18. The quantitative estimate of drug-likeness (QED) is 0.685. The molecule has 1 amide bonds. The third-order valence-corrected chi connectivity index (χ3v) is 7.56. The summed E-state index contributed by atoms with van der Waals surface area (Å²) in [5, 5.41) is 9.53. The topological polar surface area (TPSA) is 72.7 Å². The summed E-state index contributed by atoms with van der Waals surface area (Å²) < 4.78 is 19.3. The molecule has 0 radical (unpaired) electrons. The molecular formula is C26H30FN5O2. The zero-order valence-corrected chi connectivity index (χ0v) is 19.5. The fraction of sp³-hybridized carbons (Fsp3) is 0.500. The number of ether oxygens (including phenoxy) is 1. The van der Waals surface area contributed by atoms with Crippen LogP contribution in [0.2, 0.25) is 0 Å². The van der Waals surface area contributed by atoms with Gasteiger partial charge in [-0.05, 0) is 32.3 Å². The molecule has 1 aromatic heterocycles. The maximum Gasteiger partial charge on any atom is 0.409 e. The van der Waals surface area contributed by atoms with Crippen molar-refractivity contribution >= 4 is 11.8 Å². The number of piperazine rings is 1. The van der Waals surface area contributed by atoms with Gasteiger partial charge >= 0.3 is 6.09 Å². The van der Waals surface area contributed by atoms with Gasteiger partial charge in [-0.2, -0.15) is 5.26 Å². The second-order valence-corrected chi connectivity index (χ2v) is 9.65. The number of nitriles is 1. The molecule has 1 unspecified atom stereocenters. The molecule has 0 bridgehead atoms. The maximum atomic E-state index is 14.2. The van der Waals surface area contributed by atoms with E-state index in [9.17, 15) is 14.4 Å². The molecule has 34 heavy (non-hydrogen) atoms. The average Bonchev–Trinajstić information content (AvgIpc) is 3.29. The van der Waals surface area contributed by atoms with E-state index in [2.05, 4.69) is 20.9 Å². The first-order valence-corrected chi connectivity index (χ1v) is 12.1. The predicted molar refractivity (Wildman–Crippen MR) is 127 cm³/mol. The van der Waals surface area contributed by atoms with Gasteiger partial charge in [-0.25, -0.2) is 9.18 Å². The number of hydrogen-bond acceptors (Lipinski definition) is 6. The monoisotopic (exact) mass is 463 g/mol. The molecule has 0 N–H and O–H groups in total. The summed E-state index contributed by atoms with van der Waals surface area (Å²) in [6.07, 6.45) is 4.45. The Labute approximate surface area is 199 Å². The summed E-state index contributed by atoms with van der Waals surface area (Å²) in [6, 6.07) is 11.6. The number of benzene rings is 1. The van der Waals surface area contributed by atoms with Crippen LogP contribution in [0, 0.1) is 22.6 Å². The van der Waals surface area contributed by atoms with Crippen LogP contribution < -0.4 is 4.90 Å². The lowest BCUT2D eigenvalue weighted by atomic mass is 9.78. The van der Waals surface area contributed by atoms with Gasteiger partial charge in [-0.15, -0.1) is 0 Å². The molecule has 3 aliphatic rings. The van der Waals surface area contributed by atoms with Crippen molar-refractivity contribution < 1.29 is 13.9 Å². The van der Waals surface area contributed by atoms with Crippen molar-refractivity contribution in [2.45, 2.75) is 32.2 Å². The van der Waals surface area contributed by atoms with Crippen LogP contribution in [0.25, 0.3) is 11.3 Å². The Balaban J connectivity index is 1.24. The van der Waals surface area contributed by atoms with Gasteiger partial charge in [0.15, 0.2) is 0 Å². The normalized spacial score (nSPS) is 21.9.